The fourth-order valence-corrected chi connectivity index (χ4v) is 1.92. The molecule has 92 valence electrons. The van der Waals surface area contributed by atoms with Crippen LogP contribution in [0.25, 0.3) is 10.8 Å². The van der Waals surface area contributed by atoms with Crippen LogP contribution in [0.3, 0.4) is 0 Å². The van der Waals surface area contributed by atoms with Gasteiger partial charge in [0.1, 0.15) is 6.04 Å². The Morgan fingerprint density at radius 2 is 2.06 bits per heavy atom. The van der Waals surface area contributed by atoms with Crippen LogP contribution >= 0.6 is 11.6 Å². The van der Waals surface area contributed by atoms with E-state index in [9.17, 15) is 14.9 Å². The van der Waals surface area contributed by atoms with Gasteiger partial charge < -0.3 is 5.73 Å². The molecule has 0 spiro atoms. The van der Waals surface area contributed by atoms with Crippen LogP contribution in [0, 0.1) is 10.1 Å². The molecule has 0 saturated heterocycles. The van der Waals surface area contributed by atoms with Gasteiger partial charge in [0.25, 0.3) is 5.69 Å². The average molecular weight is 265 g/mol. The van der Waals surface area contributed by atoms with Crippen LogP contribution in [0.4, 0.5) is 5.69 Å². The van der Waals surface area contributed by atoms with E-state index in [1.54, 1.807) is 24.3 Å². The van der Waals surface area contributed by atoms with E-state index >= 15 is 0 Å². The first-order valence-corrected chi connectivity index (χ1v) is 5.50. The maximum absolute atomic E-state index is 11.1. The molecule has 2 aromatic rings. The van der Waals surface area contributed by atoms with Crippen LogP contribution in [0.1, 0.15) is 11.6 Å². The molecule has 0 heterocycles. The molecule has 0 bridgehead atoms. The third-order valence-corrected chi connectivity index (χ3v) is 2.92. The minimum absolute atomic E-state index is 0.00887. The quantitative estimate of drug-likeness (QED) is 0.524. The van der Waals surface area contributed by atoms with Crippen molar-refractivity contribution in [3.8, 4) is 0 Å². The Balaban J connectivity index is 2.64. The summed E-state index contributed by atoms with van der Waals surface area (Å²) in [5.74, 6) is 0. The smallest absolute Gasteiger partial charge is 0.270 e. The monoisotopic (exact) mass is 264 g/mol. The predicted molar refractivity (Wildman–Crippen MR) is 68.4 cm³/mol. The van der Waals surface area contributed by atoms with E-state index in [0.717, 1.165) is 0 Å². The van der Waals surface area contributed by atoms with Crippen LogP contribution < -0.4 is 5.73 Å². The Labute approximate surface area is 107 Å². The lowest BCUT2D eigenvalue weighted by molar-refractivity contribution is -0.384. The Hall–Kier alpha value is -1.98. The van der Waals surface area contributed by atoms with Crippen LogP contribution in [0.15, 0.2) is 36.4 Å². The van der Waals surface area contributed by atoms with Gasteiger partial charge in [-0.2, -0.15) is 0 Å². The zero-order chi connectivity index (χ0) is 13.3. The second-order valence-corrected chi connectivity index (χ2v) is 4.16. The minimum atomic E-state index is -0.933. The maximum Gasteiger partial charge on any atom is 0.270 e. The van der Waals surface area contributed by atoms with Crippen LogP contribution in [0.5, 0.6) is 0 Å². The molecule has 0 saturated carbocycles. The molecule has 0 amide bonds. The summed E-state index contributed by atoms with van der Waals surface area (Å²) in [6.07, 6.45) is 0. The molecule has 0 aromatic heterocycles. The standard InChI is InChI=1S/C12H9ClN2O3/c13-12(16)11(14)10-3-1-2-7-6-8(15(17)18)4-5-9(7)10/h1-6,11H,14H2. The molecule has 1 unspecified atom stereocenters. The molecule has 2 N–H and O–H groups in total. The normalized spacial score (nSPS) is 12.3. The highest BCUT2D eigenvalue weighted by Crippen LogP contribution is 2.27. The Morgan fingerprint density at radius 1 is 1.33 bits per heavy atom. The Morgan fingerprint density at radius 3 is 2.67 bits per heavy atom. The number of carbonyl (C=O) groups excluding carboxylic acids is 1. The van der Waals surface area contributed by atoms with Crippen LogP contribution in [0.2, 0.25) is 0 Å². The lowest BCUT2D eigenvalue weighted by Gasteiger charge is -2.10. The molecule has 2 aromatic carbocycles. The van der Waals surface area contributed by atoms with E-state index in [-0.39, 0.29) is 5.69 Å². The van der Waals surface area contributed by atoms with E-state index in [4.69, 9.17) is 17.3 Å². The third kappa shape index (κ3) is 2.18. The molecule has 0 aliphatic rings. The summed E-state index contributed by atoms with van der Waals surface area (Å²) in [4.78, 5) is 21.3. The number of non-ortho nitro benzene ring substituents is 1. The summed E-state index contributed by atoms with van der Waals surface area (Å²) in [5, 5.41) is 11.3. The average Bonchev–Trinajstić information content (AvgIpc) is 2.36. The van der Waals surface area contributed by atoms with Crippen molar-refractivity contribution in [1.82, 2.24) is 0 Å². The number of nitro benzene ring substituents is 1. The number of nitrogens with two attached hydrogens (primary N) is 1. The Kier molecular flexibility index (Phi) is 3.27. The van der Waals surface area contributed by atoms with Gasteiger partial charge in [-0.15, -0.1) is 0 Å². The number of hydrogen-bond acceptors (Lipinski definition) is 4. The van der Waals surface area contributed by atoms with Gasteiger partial charge in [-0.25, -0.2) is 0 Å². The first-order valence-electron chi connectivity index (χ1n) is 5.12. The van der Waals surface area contributed by atoms with E-state index in [1.807, 2.05) is 0 Å². The third-order valence-electron chi connectivity index (χ3n) is 2.69. The molecular weight excluding hydrogens is 256 g/mol. The summed E-state index contributed by atoms with van der Waals surface area (Å²) < 4.78 is 0. The molecule has 0 fully saturated rings. The minimum Gasteiger partial charge on any atom is -0.317 e. The molecule has 0 radical (unpaired) electrons. The summed E-state index contributed by atoms with van der Waals surface area (Å²) in [6.45, 7) is 0. The fourth-order valence-electron chi connectivity index (χ4n) is 1.80. The van der Waals surface area contributed by atoms with Gasteiger partial charge in [0, 0.05) is 12.1 Å². The van der Waals surface area contributed by atoms with Gasteiger partial charge in [0.05, 0.1) is 4.92 Å². The highest BCUT2D eigenvalue weighted by molar-refractivity contribution is 6.64. The van der Waals surface area contributed by atoms with Crippen molar-refractivity contribution in [2.75, 3.05) is 0 Å². The largest absolute Gasteiger partial charge is 0.317 e. The first kappa shape index (κ1) is 12.5. The van der Waals surface area contributed by atoms with Gasteiger partial charge in [0.2, 0.25) is 5.24 Å². The number of hydrogen-bond donors (Lipinski definition) is 1. The molecule has 2 rings (SSSR count). The molecule has 0 aliphatic carbocycles. The topological polar surface area (TPSA) is 86.2 Å². The molecule has 5 nitrogen and oxygen atoms in total. The second kappa shape index (κ2) is 4.72. The van der Waals surface area contributed by atoms with Crippen LogP contribution in [-0.2, 0) is 4.79 Å². The molecule has 6 heteroatoms. The molecular formula is C12H9ClN2O3. The number of benzene rings is 2. The highest BCUT2D eigenvalue weighted by atomic mass is 35.5. The van der Waals surface area contributed by atoms with Gasteiger partial charge in [-0.3, -0.25) is 14.9 Å². The number of nitrogens with zero attached hydrogens (tertiary/aromatic N) is 1. The summed E-state index contributed by atoms with van der Waals surface area (Å²) in [7, 11) is 0. The summed E-state index contributed by atoms with van der Waals surface area (Å²) in [6, 6.07) is 8.53. The van der Waals surface area contributed by atoms with E-state index in [1.165, 1.54) is 12.1 Å². The highest BCUT2D eigenvalue weighted by Gasteiger charge is 2.17. The summed E-state index contributed by atoms with van der Waals surface area (Å²) >= 11 is 5.37. The van der Waals surface area contributed by atoms with E-state index in [2.05, 4.69) is 0 Å². The number of halogens is 1. The van der Waals surface area contributed by atoms with Crippen molar-refractivity contribution in [2.45, 2.75) is 6.04 Å². The SMILES string of the molecule is NC(C(=O)Cl)c1cccc2cc([N+](=O)[O-])ccc12. The number of fused-ring (bicyclic) bond motifs is 1. The van der Waals surface area contributed by atoms with Gasteiger partial charge >= 0.3 is 0 Å². The predicted octanol–water partition coefficient (Wildman–Crippen LogP) is 2.51. The zero-order valence-electron chi connectivity index (χ0n) is 9.17. The van der Waals surface area contributed by atoms with E-state index in [0.29, 0.717) is 16.3 Å². The second-order valence-electron chi connectivity index (χ2n) is 3.79. The van der Waals surface area contributed by atoms with E-state index < -0.39 is 16.2 Å². The molecule has 0 aliphatic heterocycles. The van der Waals surface area contributed by atoms with Crippen molar-refractivity contribution >= 4 is 33.3 Å². The fraction of sp³-hybridized carbons (Fsp3) is 0.0833. The van der Waals surface area contributed by atoms with Crippen molar-refractivity contribution in [3.05, 3.63) is 52.1 Å². The number of nitro groups is 1. The zero-order valence-corrected chi connectivity index (χ0v) is 9.92. The van der Waals surface area contributed by atoms with Gasteiger partial charge in [-0.05, 0) is 34.0 Å². The molecule has 1 atom stereocenters. The van der Waals surface area contributed by atoms with Gasteiger partial charge in [-0.1, -0.05) is 18.2 Å². The van der Waals surface area contributed by atoms with Crippen molar-refractivity contribution in [3.63, 3.8) is 0 Å². The van der Waals surface area contributed by atoms with Gasteiger partial charge in [0.15, 0.2) is 0 Å². The first-order chi connectivity index (χ1) is 8.50. The van der Waals surface area contributed by atoms with Crippen LogP contribution in [-0.4, -0.2) is 10.2 Å². The lowest BCUT2D eigenvalue weighted by atomic mass is 9.99. The number of carbonyl (C=O) groups is 1. The Bertz CT molecular complexity index is 642. The van der Waals surface area contributed by atoms with Crippen molar-refractivity contribution < 1.29 is 9.72 Å². The van der Waals surface area contributed by atoms with Crippen molar-refractivity contribution in [1.29, 1.82) is 0 Å². The summed E-state index contributed by atoms with van der Waals surface area (Å²) in [5.41, 5.74) is 6.24. The molecule has 18 heavy (non-hydrogen) atoms. The van der Waals surface area contributed by atoms with Crippen molar-refractivity contribution in [2.24, 2.45) is 5.73 Å². The lowest BCUT2D eigenvalue weighted by Crippen LogP contribution is -2.17. The maximum atomic E-state index is 11.1. The number of rotatable bonds is 3.